The summed E-state index contributed by atoms with van der Waals surface area (Å²) in [6.45, 7) is 3.12. The molecule has 1 aliphatic rings. The molecular formula is C18H23N3O2. The molecule has 1 aromatic carbocycles. The molecule has 0 bridgehead atoms. The molecule has 2 aromatic rings. The van der Waals surface area contributed by atoms with E-state index in [0.717, 1.165) is 55.8 Å². The number of anilines is 1. The second-order valence-electron chi connectivity index (χ2n) is 6.03. The number of carboxylic acid groups (broad SMARTS) is 1. The van der Waals surface area contributed by atoms with Gasteiger partial charge < -0.3 is 10.4 Å². The normalized spacial score (nSPS) is 14.0. The number of fused-ring (bicyclic) bond motifs is 1. The van der Waals surface area contributed by atoms with Gasteiger partial charge in [-0.25, -0.2) is 9.48 Å². The molecule has 122 valence electrons. The van der Waals surface area contributed by atoms with Gasteiger partial charge in [0, 0.05) is 12.1 Å². The molecule has 2 heterocycles. The summed E-state index contributed by atoms with van der Waals surface area (Å²) in [5.41, 5.74) is 3.54. The number of nitrogens with one attached hydrogen (secondary N) is 1. The molecule has 0 spiro atoms. The number of hydrogen-bond acceptors (Lipinski definition) is 3. The Hall–Kier alpha value is -2.30. The van der Waals surface area contributed by atoms with Crippen LogP contribution in [0.25, 0.3) is 5.69 Å². The Morgan fingerprint density at radius 1 is 1.39 bits per heavy atom. The predicted molar refractivity (Wildman–Crippen MR) is 90.6 cm³/mol. The first-order valence-corrected chi connectivity index (χ1v) is 8.39. The van der Waals surface area contributed by atoms with Crippen molar-refractivity contribution in [3.63, 3.8) is 0 Å². The van der Waals surface area contributed by atoms with E-state index in [1.807, 2.05) is 10.7 Å². The van der Waals surface area contributed by atoms with E-state index in [-0.39, 0.29) is 5.56 Å². The van der Waals surface area contributed by atoms with Gasteiger partial charge >= 0.3 is 5.97 Å². The quantitative estimate of drug-likeness (QED) is 0.884. The Bertz CT molecular complexity index is 706. The number of unbranched alkanes of at least 4 members (excludes halogenated alkanes) is 1. The van der Waals surface area contributed by atoms with Crippen LogP contribution in [0.3, 0.4) is 0 Å². The van der Waals surface area contributed by atoms with Crippen LogP contribution >= 0.6 is 0 Å². The van der Waals surface area contributed by atoms with E-state index < -0.39 is 5.97 Å². The zero-order valence-corrected chi connectivity index (χ0v) is 13.5. The third-order valence-corrected chi connectivity index (χ3v) is 4.32. The predicted octanol–water partition coefficient (Wildman–Crippen LogP) is 3.66. The van der Waals surface area contributed by atoms with E-state index in [9.17, 15) is 9.90 Å². The van der Waals surface area contributed by atoms with Crippen LogP contribution in [-0.4, -0.2) is 27.4 Å². The molecule has 0 atom stereocenters. The van der Waals surface area contributed by atoms with Crippen LogP contribution in [0.5, 0.6) is 0 Å². The fraction of sp³-hybridized carbons (Fsp3) is 0.444. The second-order valence-corrected chi connectivity index (χ2v) is 6.03. The fourth-order valence-corrected chi connectivity index (χ4v) is 3.08. The van der Waals surface area contributed by atoms with Gasteiger partial charge in [0.1, 0.15) is 5.82 Å². The van der Waals surface area contributed by atoms with Crippen LogP contribution in [0.1, 0.15) is 54.2 Å². The Kier molecular flexibility index (Phi) is 4.65. The molecule has 0 saturated carbocycles. The van der Waals surface area contributed by atoms with Gasteiger partial charge in [-0.05, 0) is 50.3 Å². The minimum atomic E-state index is -0.913. The Morgan fingerprint density at radius 2 is 2.26 bits per heavy atom. The minimum Gasteiger partial charge on any atom is -0.478 e. The SMILES string of the molecule is CCCCc1nn(-c2cccc(C(=O)O)c2)c2c1CCCCN2. The van der Waals surface area contributed by atoms with Crippen LogP contribution in [0.4, 0.5) is 5.82 Å². The van der Waals surface area contributed by atoms with Crippen LogP contribution in [0.2, 0.25) is 0 Å². The zero-order valence-electron chi connectivity index (χ0n) is 13.5. The number of aryl methyl sites for hydroxylation is 1. The number of carboxylic acids is 1. The lowest BCUT2D eigenvalue weighted by molar-refractivity contribution is 0.0697. The summed E-state index contributed by atoms with van der Waals surface area (Å²) in [5, 5.41) is 17.5. The average Bonchev–Trinajstić information content (AvgIpc) is 2.73. The molecule has 0 radical (unpaired) electrons. The smallest absolute Gasteiger partial charge is 0.335 e. The third kappa shape index (κ3) is 3.23. The van der Waals surface area contributed by atoms with Gasteiger partial charge in [0.05, 0.1) is 16.9 Å². The lowest BCUT2D eigenvalue weighted by Gasteiger charge is -2.09. The highest BCUT2D eigenvalue weighted by Gasteiger charge is 2.20. The summed E-state index contributed by atoms with van der Waals surface area (Å²) in [6.07, 6.45) is 6.60. The standard InChI is InChI=1S/C18H23N3O2/c1-2-3-10-16-15-9-4-5-11-19-17(15)21(20-16)14-8-6-7-13(12-14)18(22)23/h6-8,12,19H,2-5,9-11H2,1H3,(H,22,23). The largest absolute Gasteiger partial charge is 0.478 e. The van der Waals surface area contributed by atoms with Gasteiger partial charge in [0.15, 0.2) is 0 Å². The van der Waals surface area contributed by atoms with Crippen molar-refractivity contribution < 1.29 is 9.90 Å². The number of hydrogen-bond donors (Lipinski definition) is 2. The minimum absolute atomic E-state index is 0.287. The van der Waals surface area contributed by atoms with Gasteiger partial charge in [-0.15, -0.1) is 0 Å². The lowest BCUT2D eigenvalue weighted by atomic mass is 10.1. The topological polar surface area (TPSA) is 67.2 Å². The van der Waals surface area contributed by atoms with E-state index >= 15 is 0 Å². The number of benzene rings is 1. The van der Waals surface area contributed by atoms with Crippen molar-refractivity contribution in [2.45, 2.75) is 45.4 Å². The van der Waals surface area contributed by atoms with E-state index in [1.165, 1.54) is 12.0 Å². The summed E-state index contributed by atoms with van der Waals surface area (Å²) in [6, 6.07) is 6.98. The van der Waals surface area contributed by atoms with E-state index in [0.29, 0.717) is 0 Å². The molecule has 2 N–H and O–H groups in total. The van der Waals surface area contributed by atoms with Gasteiger partial charge in [-0.2, -0.15) is 5.10 Å². The van der Waals surface area contributed by atoms with Crippen LogP contribution in [0, 0.1) is 0 Å². The Morgan fingerprint density at radius 3 is 3.04 bits per heavy atom. The van der Waals surface area contributed by atoms with Crippen molar-refractivity contribution in [3.05, 3.63) is 41.1 Å². The third-order valence-electron chi connectivity index (χ3n) is 4.32. The highest BCUT2D eigenvalue weighted by molar-refractivity contribution is 5.88. The monoisotopic (exact) mass is 313 g/mol. The number of nitrogens with zero attached hydrogens (tertiary/aromatic N) is 2. The first-order valence-electron chi connectivity index (χ1n) is 8.39. The van der Waals surface area contributed by atoms with Crippen molar-refractivity contribution in [2.75, 3.05) is 11.9 Å². The Labute approximate surface area is 136 Å². The highest BCUT2D eigenvalue weighted by Crippen LogP contribution is 2.29. The Balaban J connectivity index is 2.06. The van der Waals surface area contributed by atoms with Crippen molar-refractivity contribution in [1.29, 1.82) is 0 Å². The van der Waals surface area contributed by atoms with Gasteiger partial charge in [-0.1, -0.05) is 19.4 Å². The van der Waals surface area contributed by atoms with Crippen LogP contribution in [-0.2, 0) is 12.8 Å². The maximum Gasteiger partial charge on any atom is 0.335 e. The second kappa shape index (κ2) is 6.86. The van der Waals surface area contributed by atoms with E-state index in [4.69, 9.17) is 5.10 Å². The van der Waals surface area contributed by atoms with Crippen molar-refractivity contribution in [3.8, 4) is 5.69 Å². The van der Waals surface area contributed by atoms with Crippen LogP contribution in [0.15, 0.2) is 24.3 Å². The molecule has 0 fully saturated rings. The molecule has 0 amide bonds. The van der Waals surface area contributed by atoms with Gasteiger partial charge in [0.25, 0.3) is 0 Å². The van der Waals surface area contributed by atoms with Gasteiger partial charge in [0.2, 0.25) is 0 Å². The molecule has 5 nitrogen and oxygen atoms in total. The van der Waals surface area contributed by atoms with Crippen LogP contribution < -0.4 is 5.32 Å². The van der Waals surface area contributed by atoms with Crippen molar-refractivity contribution in [2.24, 2.45) is 0 Å². The molecule has 0 saturated heterocycles. The summed E-state index contributed by atoms with van der Waals surface area (Å²) < 4.78 is 1.89. The first-order chi connectivity index (χ1) is 11.2. The molecule has 23 heavy (non-hydrogen) atoms. The molecule has 0 aliphatic carbocycles. The van der Waals surface area contributed by atoms with Crippen molar-refractivity contribution in [1.82, 2.24) is 9.78 Å². The summed E-state index contributed by atoms with van der Waals surface area (Å²) in [4.78, 5) is 11.2. The highest BCUT2D eigenvalue weighted by atomic mass is 16.4. The first kappa shape index (κ1) is 15.6. The molecule has 5 heteroatoms. The number of aromatic carboxylic acids is 1. The number of rotatable bonds is 5. The number of carbonyl (C=O) groups is 1. The molecule has 1 aromatic heterocycles. The molecule has 1 aliphatic heterocycles. The summed E-state index contributed by atoms with van der Waals surface area (Å²) in [7, 11) is 0. The lowest BCUT2D eigenvalue weighted by Crippen LogP contribution is -2.08. The average molecular weight is 313 g/mol. The molecule has 0 unspecified atom stereocenters. The van der Waals surface area contributed by atoms with E-state index in [2.05, 4.69) is 12.2 Å². The fourth-order valence-electron chi connectivity index (χ4n) is 3.08. The van der Waals surface area contributed by atoms with Gasteiger partial charge in [-0.3, -0.25) is 0 Å². The van der Waals surface area contributed by atoms with Crippen molar-refractivity contribution >= 4 is 11.8 Å². The molecular weight excluding hydrogens is 290 g/mol. The number of aromatic nitrogens is 2. The zero-order chi connectivity index (χ0) is 16.2. The van der Waals surface area contributed by atoms with E-state index in [1.54, 1.807) is 18.2 Å². The summed E-state index contributed by atoms with van der Waals surface area (Å²) in [5.74, 6) is 0.125. The molecule has 3 rings (SSSR count). The maximum atomic E-state index is 11.2. The maximum absolute atomic E-state index is 11.2. The summed E-state index contributed by atoms with van der Waals surface area (Å²) >= 11 is 0.